The first-order chi connectivity index (χ1) is 8.19. The summed E-state index contributed by atoms with van der Waals surface area (Å²) in [7, 11) is 1.70. The summed E-state index contributed by atoms with van der Waals surface area (Å²) in [6.07, 6.45) is 0. The normalized spacial score (nSPS) is 21.5. The Hall–Kier alpha value is -1.13. The molecule has 0 aliphatic carbocycles. The third-order valence-electron chi connectivity index (χ3n) is 3.22. The second-order valence-corrected chi connectivity index (χ2v) is 4.66. The summed E-state index contributed by atoms with van der Waals surface area (Å²) in [4.78, 5) is 7.02. The van der Waals surface area contributed by atoms with E-state index >= 15 is 0 Å². The number of methoxy groups -OCH3 is 1. The van der Waals surface area contributed by atoms with Gasteiger partial charge in [-0.05, 0) is 13.8 Å². The van der Waals surface area contributed by atoms with Crippen molar-refractivity contribution < 1.29 is 4.74 Å². The van der Waals surface area contributed by atoms with Crippen LogP contribution in [0.3, 0.4) is 0 Å². The van der Waals surface area contributed by atoms with Crippen molar-refractivity contribution in [2.24, 2.45) is 0 Å². The fraction of sp³-hybridized carbons (Fsp3) is 0.615. The van der Waals surface area contributed by atoms with Gasteiger partial charge in [0.05, 0.1) is 12.8 Å². The summed E-state index contributed by atoms with van der Waals surface area (Å²) in [5.74, 6) is 0.898. The smallest absolute Gasteiger partial charge is 0.122 e. The summed E-state index contributed by atoms with van der Waals surface area (Å²) in [6, 6.07) is 4.56. The molecule has 4 nitrogen and oxygen atoms in total. The van der Waals surface area contributed by atoms with Crippen LogP contribution in [0.1, 0.15) is 18.3 Å². The van der Waals surface area contributed by atoms with Crippen LogP contribution in [0.2, 0.25) is 0 Å². The van der Waals surface area contributed by atoms with E-state index in [4.69, 9.17) is 4.74 Å². The highest BCUT2D eigenvalue weighted by Crippen LogP contribution is 2.16. The maximum Gasteiger partial charge on any atom is 0.122 e. The van der Waals surface area contributed by atoms with Crippen molar-refractivity contribution >= 4 is 0 Å². The van der Waals surface area contributed by atoms with Crippen LogP contribution < -0.4 is 10.1 Å². The summed E-state index contributed by atoms with van der Waals surface area (Å²) >= 11 is 0. The predicted octanol–water partition coefficient (Wildman–Crippen LogP) is 1.19. The van der Waals surface area contributed by atoms with Crippen molar-refractivity contribution in [1.82, 2.24) is 15.2 Å². The molecule has 0 radical (unpaired) electrons. The van der Waals surface area contributed by atoms with Gasteiger partial charge in [-0.3, -0.25) is 9.88 Å². The minimum atomic E-state index is 0.567. The van der Waals surface area contributed by atoms with Gasteiger partial charge in [-0.1, -0.05) is 0 Å². The van der Waals surface area contributed by atoms with Crippen LogP contribution in [0, 0.1) is 6.92 Å². The van der Waals surface area contributed by atoms with E-state index in [1.807, 2.05) is 19.1 Å². The molecule has 1 aliphatic heterocycles. The van der Waals surface area contributed by atoms with E-state index < -0.39 is 0 Å². The molecule has 1 fully saturated rings. The van der Waals surface area contributed by atoms with Gasteiger partial charge in [-0.15, -0.1) is 0 Å². The Bertz CT molecular complexity index is 381. The number of nitrogens with zero attached hydrogens (tertiary/aromatic N) is 2. The first-order valence-electron chi connectivity index (χ1n) is 6.15. The molecule has 0 bridgehead atoms. The molecule has 0 saturated carbocycles. The number of ether oxygens (including phenoxy) is 1. The highest BCUT2D eigenvalue weighted by atomic mass is 16.5. The molecule has 2 rings (SSSR count). The van der Waals surface area contributed by atoms with E-state index in [0.717, 1.165) is 43.3 Å². The molecule has 1 aromatic rings. The summed E-state index contributed by atoms with van der Waals surface area (Å²) in [5.41, 5.74) is 2.11. The van der Waals surface area contributed by atoms with Crippen molar-refractivity contribution in [2.75, 3.05) is 26.7 Å². The SMILES string of the molecule is COc1cc(C)nc(CN2CCNC[C@H]2C)c1. The van der Waals surface area contributed by atoms with Crippen LogP contribution in [-0.2, 0) is 6.54 Å². The Morgan fingerprint density at radius 3 is 3.06 bits per heavy atom. The average molecular weight is 235 g/mol. The lowest BCUT2D eigenvalue weighted by Gasteiger charge is -2.33. The third kappa shape index (κ3) is 3.17. The number of hydrogen-bond donors (Lipinski definition) is 1. The van der Waals surface area contributed by atoms with Gasteiger partial charge in [0.25, 0.3) is 0 Å². The lowest BCUT2D eigenvalue weighted by atomic mass is 10.2. The number of aromatic nitrogens is 1. The van der Waals surface area contributed by atoms with Gasteiger partial charge in [0.15, 0.2) is 0 Å². The fourth-order valence-corrected chi connectivity index (χ4v) is 2.23. The van der Waals surface area contributed by atoms with E-state index in [-0.39, 0.29) is 0 Å². The van der Waals surface area contributed by atoms with Crippen molar-refractivity contribution in [3.05, 3.63) is 23.5 Å². The van der Waals surface area contributed by atoms with Gasteiger partial charge in [0.2, 0.25) is 0 Å². The Kier molecular flexibility index (Phi) is 3.97. The first kappa shape index (κ1) is 12.3. The molecular weight excluding hydrogens is 214 g/mol. The van der Waals surface area contributed by atoms with Crippen LogP contribution >= 0.6 is 0 Å². The third-order valence-corrected chi connectivity index (χ3v) is 3.22. The number of aryl methyl sites for hydroxylation is 1. The second-order valence-electron chi connectivity index (χ2n) is 4.66. The topological polar surface area (TPSA) is 37.4 Å². The number of pyridine rings is 1. The van der Waals surface area contributed by atoms with E-state index in [1.165, 1.54) is 0 Å². The zero-order valence-electron chi connectivity index (χ0n) is 10.9. The summed E-state index contributed by atoms with van der Waals surface area (Å²) < 4.78 is 5.28. The van der Waals surface area contributed by atoms with Crippen molar-refractivity contribution in [2.45, 2.75) is 26.4 Å². The molecule has 0 unspecified atom stereocenters. The molecule has 1 aliphatic rings. The van der Waals surface area contributed by atoms with Crippen LogP contribution in [0.15, 0.2) is 12.1 Å². The van der Waals surface area contributed by atoms with Gasteiger partial charge >= 0.3 is 0 Å². The molecule has 0 spiro atoms. The van der Waals surface area contributed by atoms with Crippen molar-refractivity contribution in [3.63, 3.8) is 0 Å². The molecule has 1 aromatic heterocycles. The molecule has 1 saturated heterocycles. The Balaban J connectivity index is 2.09. The molecule has 0 aromatic carbocycles. The van der Waals surface area contributed by atoms with E-state index in [2.05, 4.69) is 22.1 Å². The molecule has 4 heteroatoms. The standard InChI is InChI=1S/C13H21N3O/c1-10-6-13(17-3)7-12(15-10)9-16-5-4-14-8-11(16)2/h6-7,11,14H,4-5,8-9H2,1-3H3/t11-/m1/s1. The van der Waals surface area contributed by atoms with E-state index in [9.17, 15) is 0 Å². The Morgan fingerprint density at radius 2 is 2.35 bits per heavy atom. The van der Waals surface area contributed by atoms with Gasteiger partial charge in [-0.2, -0.15) is 0 Å². The van der Waals surface area contributed by atoms with Gasteiger partial charge in [0.1, 0.15) is 5.75 Å². The van der Waals surface area contributed by atoms with Crippen molar-refractivity contribution in [3.8, 4) is 5.75 Å². The average Bonchev–Trinajstić information content (AvgIpc) is 2.31. The minimum absolute atomic E-state index is 0.567. The highest BCUT2D eigenvalue weighted by molar-refractivity contribution is 5.26. The maximum absolute atomic E-state index is 5.28. The monoisotopic (exact) mass is 235 g/mol. The number of rotatable bonds is 3. The van der Waals surface area contributed by atoms with Crippen LogP contribution in [0.4, 0.5) is 0 Å². The molecule has 0 amide bonds. The number of hydrogen-bond acceptors (Lipinski definition) is 4. The van der Waals surface area contributed by atoms with Gasteiger partial charge in [0, 0.05) is 50.0 Å². The largest absolute Gasteiger partial charge is 0.497 e. The van der Waals surface area contributed by atoms with Crippen molar-refractivity contribution in [1.29, 1.82) is 0 Å². The highest BCUT2D eigenvalue weighted by Gasteiger charge is 2.18. The molecule has 1 N–H and O–H groups in total. The zero-order chi connectivity index (χ0) is 12.3. The van der Waals surface area contributed by atoms with Gasteiger partial charge < -0.3 is 10.1 Å². The van der Waals surface area contributed by atoms with Crippen LogP contribution in [0.5, 0.6) is 5.75 Å². The van der Waals surface area contributed by atoms with E-state index in [0.29, 0.717) is 6.04 Å². The quantitative estimate of drug-likeness (QED) is 0.854. The van der Waals surface area contributed by atoms with Gasteiger partial charge in [-0.25, -0.2) is 0 Å². The van der Waals surface area contributed by atoms with Crippen LogP contribution in [-0.4, -0.2) is 42.7 Å². The number of nitrogens with one attached hydrogen (secondary N) is 1. The van der Waals surface area contributed by atoms with Crippen LogP contribution in [0.25, 0.3) is 0 Å². The summed E-state index contributed by atoms with van der Waals surface area (Å²) in [5, 5.41) is 3.40. The Morgan fingerprint density at radius 1 is 1.53 bits per heavy atom. The summed E-state index contributed by atoms with van der Waals surface area (Å²) in [6.45, 7) is 8.36. The second kappa shape index (κ2) is 5.47. The minimum Gasteiger partial charge on any atom is -0.497 e. The molecule has 17 heavy (non-hydrogen) atoms. The maximum atomic E-state index is 5.28. The van der Waals surface area contributed by atoms with E-state index in [1.54, 1.807) is 7.11 Å². The molecular formula is C13H21N3O. The lowest BCUT2D eigenvalue weighted by Crippen LogP contribution is -2.49. The fourth-order valence-electron chi connectivity index (χ4n) is 2.23. The predicted molar refractivity (Wildman–Crippen MR) is 68.3 cm³/mol. The molecule has 94 valence electrons. The zero-order valence-corrected chi connectivity index (χ0v) is 10.9. The Labute approximate surface area is 103 Å². The molecule has 2 heterocycles. The number of piperazine rings is 1. The first-order valence-corrected chi connectivity index (χ1v) is 6.15. The lowest BCUT2D eigenvalue weighted by molar-refractivity contribution is 0.163. The molecule has 1 atom stereocenters.